The molecule has 0 aromatic heterocycles. The summed E-state index contributed by atoms with van der Waals surface area (Å²) in [6.45, 7) is 9.32. The smallest absolute Gasteiger partial charge is 0.303 e. The van der Waals surface area contributed by atoms with Crippen LogP contribution in [0.15, 0.2) is 30.0 Å². The highest BCUT2D eigenvalue weighted by molar-refractivity contribution is 6.31. The molecule has 0 spiro atoms. The molecule has 1 aliphatic heterocycles. The first-order valence-corrected chi connectivity index (χ1v) is 11.4. The van der Waals surface area contributed by atoms with Gasteiger partial charge in [-0.1, -0.05) is 51.4 Å². The van der Waals surface area contributed by atoms with Crippen molar-refractivity contribution in [1.82, 2.24) is 4.90 Å². The number of amides is 1. The van der Waals surface area contributed by atoms with E-state index in [2.05, 4.69) is 45.9 Å². The Hall–Kier alpha value is -1.81. The summed E-state index contributed by atoms with van der Waals surface area (Å²) in [5.74, 6) is -0.262. The number of aryl methyl sites for hydroxylation is 1. The second-order valence-electron chi connectivity index (χ2n) is 10.3. The minimum atomic E-state index is -0.822. The van der Waals surface area contributed by atoms with Crippen LogP contribution in [0.3, 0.4) is 0 Å². The third kappa shape index (κ3) is 5.46. The molecular formula is C25H34ClNO3. The molecule has 1 fully saturated rings. The Bertz CT molecular complexity index is 850. The van der Waals surface area contributed by atoms with Crippen LogP contribution in [0.4, 0.5) is 0 Å². The van der Waals surface area contributed by atoms with E-state index in [1.165, 1.54) is 5.57 Å². The Balaban J connectivity index is 1.84. The zero-order valence-electron chi connectivity index (χ0n) is 18.6. The van der Waals surface area contributed by atoms with E-state index in [-0.39, 0.29) is 23.2 Å². The van der Waals surface area contributed by atoms with Crippen LogP contribution in [0.5, 0.6) is 0 Å². The summed E-state index contributed by atoms with van der Waals surface area (Å²) in [5, 5.41) is 9.67. The topological polar surface area (TPSA) is 57.6 Å². The Morgan fingerprint density at radius 2 is 2.00 bits per heavy atom. The van der Waals surface area contributed by atoms with E-state index in [4.69, 9.17) is 16.7 Å². The van der Waals surface area contributed by atoms with E-state index in [0.29, 0.717) is 25.3 Å². The third-order valence-electron chi connectivity index (χ3n) is 6.40. The van der Waals surface area contributed by atoms with Crippen molar-refractivity contribution in [2.45, 2.75) is 78.1 Å². The fraction of sp³-hybridized carbons (Fsp3) is 0.600. The molecule has 0 bridgehead atoms. The van der Waals surface area contributed by atoms with Crippen molar-refractivity contribution in [3.8, 4) is 0 Å². The minimum absolute atomic E-state index is 0.0558. The summed E-state index contributed by atoms with van der Waals surface area (Å²) in [6, 6.07) is 6.33. The molecule has 2 aliphatic rings. The largest absolute Gasteiger partial charge is 0.481 e. The number of nitrogens with zero attached hydrogens (tertiary/aromatic N) is 1. The van der Waals surface area contributed by atoms with Crippen LogP contribution in [0.1, 0.15) is 77.3 Å². The van der Waals surface area contributed by atoms with Crippen molar-refractivity contribution in [2.24, 2.45) is 11.3 Å². The van der Waals surface area contributed by atoms with Crippen molar-refractivity contribution in [2.75, 3.05) is 6.54 Å². The van der Waals surface area contributed by atoms with Crippen molar-refractivity contribution in [1.29, 1.82) is 0 Å². The van der Waals surface area contributed by atoms with Crippen molar-refractivity contribution >= 4 is 23.5 Å². The van der Waals surface area contributed by atoms with Gasteiger partial charge in [-0.05, 0) is 66.2 Å². The molecule has 5 heteroatoms. The van der Waals surface area contributed by atoms with Crippen LogP contribution < -0.4 is 0 Å². The van der Waals surface area contributed by atoms with Gasteiger partial charge in [-0.3, -0.25) is 9.59 Å². The second kappa shape index (κ2) is 8.74. The average Bonchev–Trinajstić information content (AvgIpc) is 3.46. The molecule has 4 nitrogen and oxygen atoms in total. The second-order valence-corrected chi connectivity index (χ2v) is 10.7. The Labute approximate surface area is 185 Å². The number of hydrogen-bond donors (Lipinski definition) is 1. The van der Waals surface area contributed by atoms with E-state index < -0.39 is 5.97 Å². The first-order valence-electron chi connectivity index (χ1n) is 11.0. The Morgan fingerprint density at radius 1 is 1.30 bits per heavy atom. The summed E-state index contributed by atoms with van der Waals surface area (Å²) >= 11 is 6.68. The van der Waals surface area contributed by atoms with Crippen LogP contribution in [0.25, 0.3) is 0 Å². The number of rotatable bonds is 8. The molecule has 1 aromatic rings. The molecule has 3 rings (SSSR count). The maximum Gasteiger partial charge on any atom is 0.303 e. The van der Waals surface area contributed by atoms with Gasteiger partial charge in [0.15, 0.2) is 0 Å². The van der Waals surface area contributed by atoms with Gasteiger partial charge in [0.2, 0.25) is 5.91 Å². The molecule has 1 aromatic carbocycles. The SMILES string of the molecule is CC(C)(C)CCc1ccc([C@@]2(C)CC(=O)N(CCCC(=O)O)C=C2C2CC2)cc1Cl. The molecule has 1 N–H and O–H groups in total. The number of carbonyl (C=O) groups excluding carboxylic acids is 1. The quantitative estimate of drug-likeness (QED) is 0.551. The third-order valence-corrected chi connectivity index (χ3v) is 6.75. The van der Waals surface area contributed by atoms with Gasteiger partial charge in [0.05, 0.1) is 0 Å². The highest BCUT2D eigenvalue weighted by Crippen LogP contribution is 2.51. The average molecular weight is 432 g/mol. The fourth-order valence-corrected chi connectivity index (χ4v) is 4.58. The number of aliphatic carboxylic acids is 1. The van der Waals surface area contributed by atoms with E-state index >= 15 is 0 Å². The lowest BCUT2D eigenvalue weighted by molar-refractivity contribution is -0.138. The number of hydrogen-bond acceptors (Lipinski definition) is 2. The molecule has 1 amide bonds. The maximum atomic E-state index is 12.9. The van der Waals surface area contributed by atoms with Gasteiger partial charge < -0.3 is 10.0 Å². The molecule has 1 atom stereocenters. The van der Waals surface area contributed by atoms with Gasteiger partial charge >= 0.3 is 5.97 Å². The van der Waals surface area contributed by atoms with Gasteiger partial charge in [-0.25, -0.2) is 0 Å². The van der Waals surface area contributed by atoms with Crippen molar-refractivity contribution < 1.29 is 14.7 Å². The van der Waals surface area contributed by atoms with Crippen molar-refractivity contribution in [3.05, 3.63) is 46.1 Å². The number of benzene rings is 1. The van der Waals surface area contributed by atoms with Gasteiger partial charge in [0, 0.05) is 36.0 Å². The predicted molar refractivity (Wildman–Crippen MR) is 121 cm³/mol. The molecular weight excluding hydrogens is 398 g/mol. The van der Waals surface area contributed by atoms with Gasteiger partial charge in [-0.15, -0.1) is 0 Å². The van der Waals surface area contributed by atoms with E-state index in [1.54, 1.807) is 4.90 Å². The van der Waals surface area contributed by atoms with Crippen LogP contribution in [0.2, 0.25) is 5.02 Å². The number of allylic oxidation sites excluding steroid dienone is 1. The standard InChI is InChI=1S/C25H34ClNO3/c1-24(2,3)12-11-18-9-10-19(14-21(18)26)25(4)15-22(28)27(13-5-6-23(29)30)16-20(25)17-7-8-17/h9-10,14,16-17H,5-8,11-13,15H2,1-4H3,(H,29,30)/t25-/m1/s1. The van der Waals surface area contributed by atoms with Gasteiger partial charge in [0.1, 0.15) is 0 Å². The van der Waals surface area contributed by atoms with E-state index in [9.17, 15) is 9.59 Å². The highest BCUT2D eigenvalue weighted by Gasteiger charge is 2.45. The number of carboxylic acid groups (broad SMARTS) is 1. The van der Waals surface area contributed by atoms with Crippen molar-refractivity contribution in [3.63, 3.8) is 0 Å². The van der Waals surface area contributed by atoms with Gasteiger partial charge in [0.25, 0.3) is 0 Å². The van der Waals surface area contributed by atoms with Crippen LogP contribution in [0, 0.1) is 11.3 Å². The molecule has 30 heavy (non-hydrogen) atoms. The Kier molecular flexibility index (Phi) is 6.66. The number of carbonyl (C=O) groups is 2. The molecule has 0 unspecified atom stereocenters. The molecule has 1 heterocycles. The normalized spacial score (nSPS) is 22.2. The summed E-state index contributed by atoms with van der Waals surface area (Å²) in [6.07, 6.45) is 7.28. The van der Waals surface area contributed by atoms with Crippen LogP contribution in [-0.2, 0) is 21.4 Å². The maximum absolute atomic E-state index is 12.9. The van der Waals surface area contributed by atoms with Crippen LogP contribution >= 0.6 is 11.6 Å². The zero-order valence-corrected chi connectivity index (χ0v) is 19.4. The van der Waals surface area contributed by atoms with E-state index in [1.807, 2.05) is 6.20 Å². The highest BCUT2D eigenvalue weighted by atomic mass is 35.5. The molecule has 164 valence electrons. The predicted octanol–water partition coefficient (Wildman–Crippen LogP) is 5.97. The lowest BCUT2D eigenvalue weighted by atomic mass is 9.69. The first kappa shape index (κ1) is 22.9. The summed E-state index contributed by atoms with van der Waals surface area (Å²) in [5.41, 5.74) is 3.46. The molecule has 1 saturated carbocycles. The summed E-state index contributed by atoms with van der Waals surface area (Å²) < 4.78 is 0. The first-order chi connectivity index (χ1) is 14.0. The number of halogens is 1. The van der Waals surface area contributed by atoms with Crippen LogP contribution in [-0.4, -0.2) is 28.4 Å². The molecule has 0 radical (unpaired) electrons. The zero-order chi connectivity index (χ0) is 22.1. The summed E-state index contributed by atoms with van der Waals surface area (Å²) in [4.78, 5) is 25.5. The fourth-order valence-electron chi connectivity index (χ4n) is 4.30. The Morgan fingerprint density at radius 3 is 2.57 bits per heavy atom. The molecule has 1 aliphatic carbocycles. The monoisotopic (exact) mass is 431 g/mol. The number of carboxylic acids is 1. The summed E-state index contributed by atoms with van der Waals surface area (Å²) in [7, 11) is 0. The van der Waals surface area contributed by atoms with Gasteiger partial charge in [-0.2, -0.15) is 0 Å². The lowest BCUT2D eigenvalue weighted by Gasteiger charge is -2.40. The minimum Gasteiger partial charge on any atom is -0.481 e. The molecule has 0 saturated heterocycles. The van der Waals surface area contributed by atoms with E-state index in [0.717, 1.165) is 41.8 Å². The lowest BCUT2D eigenvalue weighted by Crippen LogP contribution is -2.42.